The Morgan fingerprint density at radius 2 is 1.31 bits per heavy atom. The van der Waals surface area contributed by atoms with E-state index >= 15 is 0 Å². The van der Waals surface area contributed by atoms with Gasteiger partial charge in [-0.25, -0.2) is 13.1 Å². The van der Waals surface area contributed by atoms with Crippen molar-refractivity contribution in [2.45, 2.75) is 18.2 Å². The predicted molar refractivity (Wildman–Crippen MR) is 121 cm³/mol. The van der Waals surface area contributed by atoms with Crippen LogP contribution in [0.4, 0.5) is 11.4 Å². The first kappa shape index (κ1) is 22.7. The second-order valence-corrected chi connectivity index (χ2v) is 8.61. The fourth-order valence-electron chi connectivity index (χ4n) is 2.86. The fraction of sp³-hybridized carbons (Fsp3) is 0.0870. The summed E-state index contributed by atoms with van der Waals surface area (Å²) in [6.45, 7) is 1.10. The van der Waals surface area contributed by atoms with E-state index in [9.17, 15) is 22.8 Å². The molecule has 0 saturated heterocycles. The average Bonchev–Trinajstić information content (AvgIpc) is 2.74. The molecule has 0 aromatic heterocycles. The number of benzene rings is 3. The second kappa shape index (κ2) is 9.88. The van der Waals surface area contributed by atoms with Gasteiger partial charge in [0.15, 0.2) is 0 Å². The molecular formula is C23H21N3O5S. The van der Waals surface area contributed by atoms with Crippen molar-refractivity contribution in [3.05, 3.63) is 90.0 Å². The molecule has 0 aliphatic carbocycles. The van der Waals surface area contributed by atoms with Crippen LogP contribution in [0.3, 0.4) is 0 Å². The molecule has 8 nitrogen and oxygen atoms in total. The summed E-state index contributed by atoms with van der Waals surface area (Å²) in [5.74, 6) is -1.26. The molecule has 0 radical (unpaired) electrons. The highest BCUT2D eigenvalue weighted by molar-refractivity contribution is 7.90. The van der Waals surface area contributed by atoms with Gasteiger partial charge in [0.05, 0.1) is 11.3 Å². The van der Waals surface area contributed by atoms with Crippen molar-refractivity contribution in [2.24, 2.45) is 0 Å². The van der Waals surface area contributed by atoms with Gasteiger partial charge >= 0.3 is 0 Å². The SMILES string of the molecule is CC(=O)NS(=O)(=O)c1ccc(NC(=O)c2ccc(NC(=O)Cc3ccccc3)cc2)cc1. The highest BCUT2D eigenvalue weighted by atomic mass is 32.2. The van der Waals surface area contributed by atoms with Gasteiger partial charge in [0.25, 0.3) is 15.9 Å². The number of carbonyl (C=O) groups is 3. The van der Waals surface area contributed by atoms with Crippen LogP contribution in [0, 0.1) is 0 Å². The predicted octanol–water partition coefficient (Wildman–Crippen LogP) is 2.94. The van der Waals surface area contributed by atoms with Crippen LogP contribution in [-0.4, -0.2) is 26.1 Å². The molecule has 164 valence electrons. The van der Waals surface area contributed by atoms with E-state index in [1.807, 2.05) is 35.1 Å². The molecule has 0 aliphatic heterocycles. The minimum atomic E-state index is -3.94. The molecule has 3 aromatic rings. The molecular weight excluding hydrogens is 430 g/mol. The molecule has 3 N–H and O–H groups in total. The van der Waals surface area contributed by atoms with E-state index in [4.69, 9.17) is 0 Å². The maximum atomic E-state index is 12.4. The van der Waals surface area contributed by atoms with Crippen LogP contribution >= 0.6 is 0 Å². The van der Waals surface area contributed by atoms with Crippen LogP contribution in [0.5, 0.6) is 0 Å². The third kappa shape index (κ3) is 6.26. The zero-order valence-electron chi connectivity index (χ0n) is 17.2. The zero-order valence-corrected chi connectivity index (χ0v) is 18.0. The van der Waals surface area contributed by atoms with Crippen LogP contribution in [0.25, 0.3) is 0 Å². The van der Waals surface area contributed by atoms with Crippen molar-refractivity contribution in [1.82, 2.24) is 4.72 Å². The zero-order chi connectivity index (χ0) is 23.1. The number of sulfonamides is 1. The number of hydrogen-bond donors (Lipinski definition) is 3. The Morgan fingerprint density at radius 1 is 0.750 bits per heavy atom. The highest BCUT2D eigenvalue weighted by Crippen LogP contribution is 2.16. The number of carbonyl (C=O) groups excluding carboxylic acids is 3. The van der Waals surface area contributed by atoms with Gasteiger partial charge in [0.2, 0.25) is 11.8 Å². The van der Waals surface area contributed by atoms with Gasteiger partial charge in [-0.1, -0.05) is 30.3 Å². The summed E-state index contributed by atoms with van der Waals surface area (Å²) < 4.78 is 25.8. The summed E-state index contributed by atoms with van der Waals surface area (Å²) in [7, 11) is -3.94. The maximum absolute atomic E-state index is 12.4. The first-order chi connectivity index (χ1) is 15.2. The summed E-state index contributed by atoms with van der Waals surface area (Å²) in [6, 6.07) is 21.2. The average molecular weight is 452 g/mol. The van der Waals surface area contributed by atoms with Crippen molar-refractivity contribution in [1.29, 1.82) is 0 Å². The third-order valence-corrected chi connectivity index (χ3v) is 5.79. The van der Waals surface area contributed by atoms with Crippen LogP contribution in [-0.2, 0) is 26.0 Å². The van der Waals surface area contributed by atoms with Crippen LogP contribution < -0.4 is 15.4 Å². The largest absolute Gasteiger partial charge is 0.326 e. The molecule has 0 bridgehead atoms. The molecule has 32 heavy (non-hydrogen) atoms. The molecule has 3 rings (SSSR count). The minimum Gasteiger partial charge on any atom is -0.326 e. The van der Waals surface area contributed by atoms with E-state index in [0.717, 1.165) is 12.5 Å². The van der Waals surface area contributed by atoms with E-state index in [1.54, 1.807) is 24.3 Å². The lowest BCUT2D eigenvalue weighted by molar-refractivity contribution is -0.117. The van der Waals surface area contributed by atoms with Crippen LogP contribution in [0.2, 0.25) is 0 Å². The standard InChI is InChI=1S/C23H21N3O5S/c1-16(27)26-32(30,31)21-13-11-20(12-14-21)25-23(29)18-7-9-19(10-8-18)24-22(28)15-17-5-3-2-4-6-17/h2-14H,15H2,1H3,(H,24,28)(H,25,29)(H,26,27). The van der Waals surface area contributed by atoms with Gasteiger partial charge in [0.1, 0.15) is 0 Å². The maximum Gasteiger partial charge on any atom is 0.264 e. The van der Waals surface area contributed by atoms with Crippen LogP contribution in [0.1, 0.15) is 22.8 Å². The van der Waals surface area contributed by atoms with E-state index in [-0.39, 0.29) is 17.2 Å². The molecule has 9 heteroatoms. The van der Waals surface area contributed by atoms with Gasteiger partial charge in [-0.05, 0) is 54.1 Å². The molecule has 0 aliphatic rings. The van der Waals surface area contributed by atoms with Gasteiger partial charge < -0.3 is 10.6 Å². The van der Waals surface area contributed by atoms with Crippen molar-refractivity contribution >= 4 is 39.1 Å². The molecule has 0 atom stereocenters. The van der Waals surface area contributed by atoms with E-state index in [1.165, 1.54) is 24.3 Å². The molecule has 0 heterocycles. The Labute approximate surface area is 185 Å². The number of rotatable bonds is 7. The van der Waals surface area contributed by atoms with E-state index in [2.05, 4.69) is 10.6 Å². The minimum absolute atomic E-state index is 0.0960. The lowest BCUT2D eigenvalue weighted by atomic mass is 10.1. The fourth-order valence-corrected chi connectivity index (χ4v) is 3.85. The van der Waals surface area contributed by atoms with Gasteiger partial charge in [0, 0.05) is 23.9 Å². The molecule has 3 amide bonds. The van der Waals surface area contributed by atoms with Gasteiger partial charge in [-0.2, -0.15) is 0 Å². The topological polar surface area (TPSA) is 121 Å². The lowest BCUT2D eigenvalue weighted by Crippen LogP contribution is -2.28. The first-order valence-electron chi connectivity index (χ1n) is 9.61. The van der Waals surface area contributed by atoms with Crippen molar-refractivity contribution < 1.29 is 22.8 Å². The smallest absolute Gasteiger partial charge is 0.264 e. The van der Waals surface area contributed by atoms with Crippen molar-refractivity contribution in [3.63, 3.8) is 0 Å². The second-order valence-electron chi connectivity index (χ2n) is 6.93. The summed E-state index contributed by atoms with van der Waals surface area (Å²) in [6.07, 6.45) is 0.247. The number of nitrogens with one attached hydrogen (secondary N) is 3. The van der Waals surface area contributed by atoms with Crippen molar-refractivity contribution in [2.75, 3.05) is 10.6 Å². The Balaban J connectivity index is 1.59. The number of anilines is 2. The van der Waals surface area contributed by atoms with Gasteiger partial charge in [-0.3, -0.25) is 14.4 Å². The number of amides is 3. The molecule has 0 saturated carbocycles. The van der Waals surface area contributed by atoms with E-state index < -0.39 is 21.8 Å². The first-order valence-corrected chi connectivity index (χ1v) is 11.1. The molecule has 0 fully saturated rings. The number of hydrogen-bond acceptors (Lipinski definition) is 5. The van der Waals surface area contributed by atoms with Crippen LogP contribution in [0.15, 0.2) is 83.8 Å². The lowest BCUT2D eigenvalue weighted by Gasteiger charge is -2.09. The van der Waals surface area contributed by atoms with Crippen molar-refractivity contribution in [3.8, 4) is 0 Å². The normalized spacial score (nSPS) is 10.8. The third-order valence-electron chi connectivity index (χ3n) is 4.34. The summed E-state index contributed by atoms with van der Waals surface area (Å²) in [5.41, 5.74) is 2.21. The molecule has 3 aromatic carbocycles. The Bertz CT molecular complexity index is 1220. The molecule has 0 spiro atoms. The summed E-state index contributed by atoms with van der Waals surface area (Å²) in [5, 5.41) is 5.44. The van der Waals surface area contributed by atoms with E-state index in [0.29, 0.717) is 16.9 Å². The molecule has 0 unspecified atom stereocenters. The van der Waals surface area contributed by atoms with Gasteiger partial charge in [-0.15, -0.1) is 0 Å². The summed E-state index contributed by atoms with van der Waals surface area (Å²) >= 11 is 0. The monoisotopic (exact) mass is 451 g/mol. The quantitative estimate of drug-likeness (QED) is 0.510. The Morgan fingerprint density at radius 3 is 1.91 bits per heavy atom. The highest BCUT2D eigenvalue weighted by Gasteiger charge is 2.15. The summed E-state index contributed by atoms with van der Waals surface area (Å²) in [4.78, 5) is 35.5. The Hall–Kier alpha value is -3.98. The Kier molecular flexibility index (Phi) is 7.01.